The summed E-state index contributed by atoms with van der Waals surface area (Å²) in [5.74, 6) is -0.336. The lowest BCUT2D eigenvalue weighted by atomic mass is 10.3. The standard InChI is InChI=1S/C12H19N3O2/c1-4-5-8-17-12(16)7-6-11-9-15(10(2)3)14-13-11/h6-7,9-10H,4-5,8H2,1-3H3. The largest absolute Gasteiger partial charge is 0.463 e. The van der Waals surface area contributed by atoms with Crippen LogP contribution in [0.3, 0.4) is 0 Å². The van der Waals surface area contributed by atoms with Gasteiger partial charge in [0.15, 0.2) is 0 Å². The van der Waals surface area contributed by atoms with E-state index in [1.807, 2.05) is 20.8 Å². The Bertz CT molecular complexity index is 383. The molecule has 17 heavy (non-hydrogen) atoms. The molecule has 0 amide bonds. The number of esters is 1. The van der Waals surface area contributed by atoms with E-state index < -0.39 is 0 Å². The summed E-state index contributed by atoms with van der Waals surface area (Å²) in [7, 11) is 0. The first-order chi connectivity index (χ1) is 8.13. The van der Waals surface area contributed by atoms with Crippen LogP contribution in [0, 0.1) is 0 Å². The van der Waals surface area contributed by atoms with Crippen molar-refractivity contribution in [3.63, 3.8) is 0 Å². The molecule has 1 heterocycles. The van der Waals surface area contributed by atoms with Crippen molar-refractivity contribution in [2.45, 2.75) is 39.7 Å². The van der Waals surface area contributed by atoms with Crippen LogP contribution in [0.2, 0.25) is 0 Å². The third-order valence-corrected chi connectivity index (χ3v) is 2.19. The molecule has 0 N–H and O–H groups in total. The first kappa shape index (κ1) is 13.4. The molecule has 5 heteroatoms. The third kappa shape index (κ3) is 4.80. The van der Waals surface area contributed by atoms with E-state index in [1.54, 1.807) is 17.0 Å². The smallest absolute Gasteiger partial charge is 0.330 e. The maximum atomic E-state index is 11.3. The van der Waals surface area contributed by atoms with Crippen LogP contribution in [0.15, 0.2) is 12.3 Å². The summed E-state index contributed by atoms with van der Waals surface area (Å²) < 4.78 is 6.72. The van der Waals surface area contributed by atoms with Crippen LogP contribution in [0.1, 0.15) is 45.3 Å². The van der Waals surface area contributed by atoms with Crippen LogP contribution in [0.5, 0.6) is 0 Å². The number of ether oxygens (including phenoxy) is 1. The number of nitrogens with zero attached hydrogens (tertiary/aromatic N) is 3. The minimum absolute atomic E-state index is 0.265. The lowest BCUT2D eigenvalue weighted by molar-refractivity contribution is -0.137. The van der Waals surface area contributed by atoms with Crippen molar-refractivity contribution >= 4 is 12.0 Å². The third-order valence-electron chi connectivity index (χ3n) is 2.19. The summed E-state index contributed by atoms with van der Waals surface area (Å²) >= 11 is 0. The summed E-state index contributed by atoms with van der Waals surface area (Å²) in [6.07, 6.45) is 6.69. The maximum Gasteiger partial charge on any atom is 0.330 e. The fraction of sp³-hybridized carbons (Fsp3) is 0.583. The highest BCUT2D eigenvalue weighted by Crippen LogP contribution is 2.04. The van der Waals surface area contributed by atoms with Crippen LogP contribution in [0.4, 0.5) is 0 Å². The van der Waals surface area contributed by atoms with Gasteiger partial charge in [-0.1, -0.05) is 18.6 Å². The number of aromatic nitrogens is 3. The second-order valence-electron chi connectivity index (χ2n) is 4.07. The summed E-state index contributed by atoms with van der Waals surface area (Å²) in [5.41, 5.74) is 0.658. The average molecular weight is 237 g/mol. The van der Waals surface area contributed by atoms with Gasteiger partial charge in [-0.15, -0.1) is 5.10 Å². The molecule has 0 fully saturated rings. The normalized spacial score (nSPS) is 11.3. The quantitative estimate of drug-likeness (QED) is 0.432. The molecule has 0 spiro atoms. The molecule has 94 valence electrons. The number of hydrogen-bond donors (Lipinski definition) is 0. The molecule has 1 rings (SSSR count). The summed E-state index contributed by atoms with van der Waals surface area (Å²) in [4.78, 5) is 11.3. The molecule has 1 aromatic rings. The highest BCUT2D eigenvalue weighted by Gasteiger charge is 2.01. The number of rotatable bonds is 6. The molecule has 0 unspecified atom stereocenters. The van der Waals surface area contributed by atoms with Crippen molar-refractivity contribution in [2.75, 3.05) is 6.61 Å². The van der Waals surface area contributed by atoms with Gasteiger partial charge in [0.2, 0.25) is 0 Å². The van der Waals surface area contributed by atoms with Crippen molar-refractivity contribution in [1.29, 1.82) is 0 Å². The Kier molecular flexibility index (Phi) is 5.39. The van der Waals surface area contributed by atoms with E-state index in [1.165, 1.54) is 6.08 Å². The van der Waals surface area contributed by atoms with Gasteiger partial charge in [0.25, 0.3) is 0 Å². The van der Waals surface area contributed by atoms with Crippen LogP contribution < -0.4 is 0 Å². The lowest BCUT2D eigenvalue weighted by Gasteiger charge is -2.00. The molecule has 5 nitrogen and oxygen atoms in total. The first-order valence-electron chi connectivity index (χ1n) is 5.90. The Hall–Kier alpha value is -1.65. The van der Waals surface area contributed by atoms with E-state index in [9.17, 15) is 4.79 Å². The Labute approximate surface area is 101 Å². The van der Waals surface area contributed by atoms with Crippen molar-refractivity contribution in [2.24, 2.45) is 0 Å². The average Bonchev–Trinajstić information content (AvgIpc) is 2.75. The fourth-order valence-corrected chi connectivity index (χ4v) is 1.14. The minimum Gasteiger partial charge on any atom is -0.463 e. The zero-order valence-corrected chi connectivity index (χ0v) is 10.6. The molecule has 0 aliphatic rings. The Morgan fingerprint density at radius 1 is 1.59 bits per heavy atom. The predicted octanol–water partition coefficient (Wildman–Crippen LogP) is 2.22. The zero-order valence-electron chi connectivity index (χ0n) is 10.6. The van der Waals surface area contributed by atoms with Crippen molar-refractivity contribution in [3.05, 3.63) is 18.0 Å². The molecule has 0 saturated carbocycles. The summed E-state index contributed by atoms with van der Waals surface area (Å²) in [6.45, 7) is 6.55. The van der Waals surface area contributed by atoms with Gasteiger partial charge in [-0.2, -0.15) is 0 Å². The summed E-state index contributed by atoms with van der Waals surface area (Å²) in [5, 5.41) is 7.86. The minimum atomic E-state index is -0.336. The second-order valence-corrected chi connectivity index (χ2v) is 4.07. The zero-order chi connectivity index (χ0) is 12.7. The monoisotopic (exact) mass is 237 g/mol. The van der Waals surface area contributed by atoms with Gasteiger partial charge in [-0.05, 0) is 26.3 Å². The lowest BCUT2D eigenvalue weighted by Crippen LogP contribution is -2.01. The van der Waals surface area contributed by atoms with E-state index in [-0.39, 0.29) is 12.0 Å². The van der Waals surface area contributed by atoms with Crippen LogP contribution in [-0.2, 0) is 9.53 Å². The second kappa shape index (κ2) is 6.83. The molecule has 0 radical (unpaired) electrons. The maximum absolute atomic E-state index is 11.3. The van der Waals surface area contributed by atoms with Crippen LogP contribution in [0.25, 0.3) is 6.08 Å². The number of hydrogen-bond acceptors (Lipinski definition) is 4. The Morgan fingerprint density at radius 3 is 2.94 bits per heavy atom. The molecular weight excluding hydrogens is 218 g/mol. The van der Waals surface area contributed by atoms with E-state index in [2.05, 4.69) is 10.3 Å². The van der Waals surface area contributed by atoms with Gasteiger partial charge in [-0.3, -0.25) is 0 Å². The highest BCUT2D eigenvalue weighted by molar-refractivity contribution is 5.86. The van der Waals surface area contributed by atoms with E-state index >= 15 is 0 Å². The Balaban J connectivity index is 2.43. The van der Waals surface area contributed by atoms with Gasteiger partial charge in [0, 0.05) is 12.1 Å². The Morgan fingerprint density at radius 2 is 2.35 bits per heavy atom. The predicted molar refractivity (Wildman–Crippen MR) is 65.3 cm³/mol. The molecule has 0 aromatic carbocycles. The van der Waals surface area contributed by atoms with Gasteiger partial charge in [0.1, 0.15) is 5.69 Å². The van der Waals surface area contributed by atoms with Crippen LogP contribution >= 0.6 is 0 Å². The molecular formula is C12H19N3O2. The van der Waals surface area contributed by atoms with Gasteiger partial charge in [-0.25, -0.2) is 9.48 Å². The fourth-order valence-electron chi connectivity index (χ4n) is 1.14. The van der Waals surface area contributed by atoms with Gasteiger partial charge >= 0.3 is 5.97 Å². The van der Waals surface area contributed by atoms with Crippen LogP contribution in [-0.4, -0.2) is 27.6 Å². The van der Waals surface area contributed by atoms with E-state index in [0.29, 0.717) is 12.3 Å². The van der Waals surface area contributed by atoms with Crippen molar-refractivity contribution in [3.8, 4) is 0 Å². The SMILES string of the molecule is CCCCOC(=O)C=Cc1cn(C(C)C)nn1. The first-order valence-corrected chi connectivity index (χ1v) is 5.90. The summed E-state index contributed by atoms with van der Waals surface area (Å²) in [6, 6.07) is 0.265. The molecule has 0 saturated heterocycles. The molecule has 0 atom stereocenters. The van der Waals surface area contributed by atoms with Crippen molar-refractivity contribution < 1.29 is 9.53 Å². The number of carbonyl (C=O) groups excluding carboxylic acids is 1. The topological polar surface area (TPSA) is 57.0 Å². The van der Waals surface area contributed by atoms with Gasteiger partial charge in [0.05, 0.1) is 12.8 Å². The number of unbranched alkanes of at least 4 members (excludes halogenated alkanes) is 1. The van der Waals surface area contributed by atoms with E-state index in [0.717, 1.165) is 12.8 Å². The van der Waals surface area contributed by atoms with E-state index in [4.69, 9.17) is 4.74 Å². The van der Waals surface area contributed by atoms with Crippen molar-refractivity contribution in [1.82, 2.24) is 15.0 Å². The molecule has 1 aromatic heterocycles. The molecule has 0 bridgehead atoms. The van der Waals surface area contributed by atoms with Gasteiger partial charge < -0.3 is 4.74 Å². The molecule has 0 aliphatic carbocycles. The highest BCUT2D eigenvalue weighted by atomic mass is 16.5. The number of carbonyl (C=O) groups is 1. The molecule has 0 aliphatic heterocycles.